The molecular formula is C23H27N3O4S. The maximum atomic E-state index is 13.1. The van der Waals surface area contributed by atoms with Gasteiger partial charge in [-0.1, -0.05) is 17.4 Å². The van der Waals surface area contributed by atoms with Crippen molar-refractivity contribution in [2.24, 2.45) is 0 Å². The second-order valence-electron chi connectivity index (χ2n) is 7.62. The lowest BCUT2D eigenvalue weighted by Gasteiger charge is -2.34. The van der Waals surface area contributed by atoms with E-state index in [1.54, 1.807) is 44.8 Å². The molecule has 1 aromatic heterocycles. The minimum Gasteiger partial charge on any atom is -0.493 e. The summed E-state index contributed by atoms with van der Waals surface area (Å²) in [7, 11) is 4.64. The number of aromatic nitrogens is 1. The molecule has 1 fully saturated rings. The molecule has 2 aromatic carbocycles. The summed E-state index contributed by atoms with van der Waals surface area (Å²) in [5, 5.41) is 1.02. The van der Waals surface area contributed by atoms with Crippen molar-refractivity contribution in [2.75, 3.05) is 52.4 Å². The highest BCUT2D eigenvalue weighted by atomic mass is 32.1. The predicted octanol–water partition coefficient (Wildman–Crippen LogP) is 3.90. The summed E-state index contributed by atoms with van der Waals surface area (Å²) in [4.78, 5) is 22.1. The maximum Gasteiger partial charge on any atom is 0.254 e. The zero-order valence-electron chi connectivity index (χ0n) is 18.5. The van der Waals surface area contributed by atoms with Gasteiger partial charge < -0.3 is 24.0 Å². The molecule has 0 aliphatic carbocycles. The van der Waals surface area contributed by atoms with Crippen LogP contribution in [-0.2, 0) is 0 Å². The van der Waals surface area contributed by atoms with Crippen LogP contribution in [0, 0.1) is 13.8 Å². The molecule has 1 amide bonds. The number of amides is 1. The lowest BCUT2D eigenvalue weighted by molar-refractivity contribution is 0.0746. The number of ether oxygens (including phenoxy) is 3. The van der Waals surface area contributed by atoms with Crippen LogP contribution in [0.2, 0.25) is 0 Å². The summed E-state index contributed by atoms with van der Waals surface area (Å²) < 4.78 is 17.4. The zero-order valence-corrected chi connectivity index (χ0v) is 19.3. The Morgan fingerprint density at radius 1 is 0.935 bits per heavy atom. The summed E-state index contributed by atoms with van der Waals surface area (Å²) in [6.07, 6.45) is 0. The molecule has 1 aliphatic rings. The largest absolute Gasteiger partial charge is 0.493 e. The molecule has 8 heteroatoms. The standard InChI is InChI=1S/C23H27N3O4S/c1-14-10-15(2)21-17(11-14)24-23(31-21)26-8-6-25(7-9-26)22(27)16-12-18(28-3)20(30-5)19(13-16)29-4/h10-13H,6-9H2,1-5H3. The molecular weight excluding hydrogens is 414 g/mol. The Kier molecular flexibility index (Phi) is 5.91. The average Bonchev–Trinajstić information content (AvgIpc) is 3.22. The molecule has 0 unspecified atom stereocenters. The number of benzene rings is 2. The van der Waals surface area contributed by atoms with Crippen LogP contribution >= 0.6 is 11.3 Å². The summed E-state index contributed by atoms with van der Waals surface area (Å²) in [6.45, 7) is 6.97. The molecule has 0 bridgehead atoms. The molecule has 0 atom stereocenters. The number of fused-ring (bicyclic) bond motifs is 1. The van der Waals surface area contributed by atoms with Gasteiger partial charge in [-0.3, -0.25) is 4.79 Å². The smallest absolute Gasteiger partial charge is 0.254 e. The monoisotopic (exact) mass is 441 g/mol. The topological polar surface area (TPSA) is 64.1 Å². The quantitative estimate of drug-likeness (QED) is 0.598. The molecule has 0 saturated carbocycles. The van der Waals surface area contributed by atoms with Gasteiger partial charge in [0.2, 0.25) is 5.75 Å². The minimum absolute atomic E-state index is 0.0466. The van der Waals surface area contributed by atoms with Crippen molar-refractivity contribution in [1.29, 1.82) is 0 Å². The first-order valence-electron chi connectivity index (χ1n) is 10.2. The van der Waals surface area contributed by atoms with Crippen molar-refractivity contribution in [3.05, 3.63) is 41.0 Å². The van der Waals surface area contributed by atoms with Crippen LogP contribution in [-0.4, -0.2) is 63.3 Å². The summed E-state index contributed by atoms with van der Waals surface area (Å²) >= 11 is 1.72. The van der Waals surface area contributed by atoms with Gasteiger partial charge in [0, 0.05) is 31.7 Å². The van der Waals surface area contributed by atoms with E-state index < -0.39 is 0 Å². The highest BCUT2D eigenvalue weighted by Gasteiger charge is 2.26. The van der Waals surface area contributed by atoms with E-state index >= 15 is 0 Å². The number of aryl methyl sites for hydroxylation is 2. The van der Waals surface area contributed by atoms with Crippen LogP contribution in [0.4, 0.5) is 5.13 Å². The number of anilines is 1. The molecule has 31 heavy (non-hydrogen) atoms. The second-order valence-corrected chi connectivity index (χ2v) is 8.60. The Morgan fingerprint density at radius 2 is 1.58 bits per heavy atom. The number of thiazole rings is 1. The lowest BCUT2D eigenvalue weighted by atomic mass is 10.1. The highest BCUT2D eigenvalue weighted by molar-refractivity contribution is 7.22. The fourth-order valence-corrected chi connectivity index (χ4v) is 5.06. The van der Waals surface area contributed by atoms with Crippen LogP contribution in [0.15, 0.2) is 24.3 Å². The maximum absolute atomic E-state index is 13.1. The SMILES string of the molecule is COc1cc(C(=O)N2CCN(c3nc4cc(C)cc(C)c4s3)CC2)cc(OC)c1OC. The lowest BCUT2D eigenvalue weighted by Crippen LogP contribution is -2.48. The predicted molar refractivity (Wildman–Crippen MR) is 123 cm³/mol. The van der Waals surface area contributed by atoms with Gasteiger partial charge in [-0.05, 0) is 43.2 Å². The Hall–Kier alpha value is -3.00. The number of methoxy groups -OCH3 is 3. The number of hydrogen-bond donors (Lipinski definition) is 0. The summed E-state index contributed by atoms with van der Waals surface area (Å²) in [6, 6.07) is 7.73. The number of hydrogen-bond acceptors (Lipinski definition) is 7. The fourth-order valence-electron chi connectivity index (χ4n) is 3.99. The first kappa shape index (κ1) is 21.2. The fraction of sp³-hybridized carbons (Fsp3) is 0.391. The van der Waals surface area contributed by atoms with E-state index in [1.165, 1.54) is 15.8 Å². The third-order valence-corrected chi connectivity index (χ3v) is 6.83. The Morgan fingerprint density at radius 3 is 2.16 bits per heavy atom. The van der Waals surface area contributed by atoms with Crippen LogP contribution < -0.4 is 19.1 Å². The molecule has 7 nitrogen and oxygen atoms in total. The normalized spacial score (nSPS) is 14.1. The van der Waals surface area contributed by atoms with Crippen LogP contribution in [0.5, 0.6) is 17.2 Å². The van der Waals surface area contributed by atoms with E-state index in [2.05, 4.69) is 30.9 Å². The Labute approximate surface area is 186 Å². The van der Waals surface area contributed by atoms with Gasteiger partial charge in [0.25, 0.3) is 5.91 Å². The van der Waals surface area contributed by atoms with Crippen LogP contribution in [0.1, 0.15) is 21.5 Å². The number of nitrogens with zero attached hydrogens (tertiary/aromatic N) is 3. The van der Waals surface area contributed by atoms with E-state index in [1.807, 2.05) is 4.90 Å². The van der Waals surface area contributed by atoms with Gasteiger partial charge in [-0.2, -0.15) is 0 Å². The van der Waals surface area contributed by atoms with Crippen molar-refractivity contribution in [1.82, 2.24) is 9.88 Å². The molecule has 0 N–H and O–H groups in total. The van der Waals surface area contributed by atoms with Gasteiger partial charge >= 0.3 is 0 Å². The van der Waals surface area contributed by atoms with Crippen molar-refractivity contribution < 1.29 is 19.0 Å². The first-order chi connectivity index (χ1) is 14.9. The number of carbonyl (C=O) groups is 1. The number of rotatable bonds is 5. The van der Waals surface area contributed by atoms with Crippen molar-refractivity contribution >= 4 is 32.6 Å². The van der Waals surface area contributed by atoms with E-state index in [0.29, 0.717) is 35.9 Å². The third-order valence-electron chi connectivity index (χ3n) is 5.56. The minimum atomic E-state index is -0.0466. The second kappa shape index (κ2) is 8.63. The van der Waals surface area contributed by atoms with E-state index in [4.69, 9.17) is 19.2 Å². The molecule has 164 valence electrons. The van der Waals surface area contributed by atoms with E-state index in [9.17, 15) is 4.79 Å². The van der Waals surface area contributed by atoms with Crippen molar-refractivity contribution in [3.63, 3.8) is 0 Å². The first-order valence-corrected chi connectivity index (χ1v) is 11.0. The van der Waals surface area contributed by atoms with Gasteiger partial charge in [0.05, 0.1) is 31.5 Å². The molecule has 1 aliphatic heterocycles. The third kappa shape index (κ3) is 3.99. The van der Waals surface area contributed by atoms with Crippen molar-refractivity contribution in [2.45, 2.75) is 13.8 Å². The average molecular weight is 442 g/mol. The number of piperazine rings is 1. The van der Waals surface area contributed by atoms with Gasteiger partial charge in [-0.15, -0.1) is 0 Å². The van der Waals surface area contributed by atoms with Crippen molar-refractivity contribution in [3.8, 4) is 17.2 Å². The summed E-state index contributed by atoms with van der Waals surface area (Å²) in [5.41, 5.74) is 4.06. The van der Waals surface area contributed by atoms with Gasteiger partial charge in [-0.25, -0.2) is 4.98 Å². The zero-order chi connectivity index (χ0) is 22.1. The molecule has 0 spiro atoms. The Bertz CT molecular complexity index is 1090. The Balaban J connectivity index is 1.50. The van der Waals surface area contributed by atoms with Gasteiger partial charge in [0.15, 0.2) is 16.6 Å². The van der Waals surface area contributed by atoms with Crippen LogP contribution in [0.3, 0.4) is 0 Å². The highest BCUT2D eigenvalue weighted by Crippen LogP contribution is 2.38. The van der Waals surface area contributed by atoms with Crippen LogP contribution in [0.25, 0.3) is 10.2 Å². The molecule has 3 aromatic rings. The van der Waals surface area contributed by atoms with Gasteiger partial charge in [0.1, 0.15) is 0 Å². The number of carbonyl (C=O) groups excluding carboxylic acids is 1. The molecule has 2 heterocycles. The molecule has 1 saturated heterocycles. The molecule has 0 radical (unpaired) electrons. The molecule has 4 rings (SSSR count). The van der Waals surface area contributed by atoms with E-state index in [0.717, 1.165) is 23.7 Å². The van der Waals surface area contributed by atoms with E-state index in [-0.39, 0.29) is 5.91 Å². The summed E-state index contributed by atoms with van der Waals surface area (Å²) in [5.74, 6) is 1.38.